The van der Waals surface area contributed by atoms with Crippen molar-refractivity contribution in [2.45, 2.75) is 57.7 Å². The van der Waals surface area contributed by atoms with Gasteiger partial charge in [-0.3, -0.25) is 0 Å². The predicted molar refractivity (Wildman–Crippen MR) is 94.7 cm³/mol. The maximum absolute atomic E-state index is 12.3. The molecule has 4 rings (SSSR count). The Morgan fingerprint density at radius 1 is 1.31 bits per heavy atom. The van der Waals surface area contributed by atoms with Gasteiger partial charge in [-0.2, -0.15) is 4.98 Å². The SMILES string of the molecule is CN(Cc1nc2c(s1)CCCC2)C(=O)NCc1noc([C@@H]2CCCO2)n1. The Balaban J connectivity index is 1.28. The van der Waals surface area contributed by atoms with E-state index < -0.39 is 0 Å². The van der Waals surface area contributed by atoms with Gasteiger partial charge in [0, 0.05) is 18.5 Å². The van der Waals surface area contributed by atoms with Crippen LogP contribution in [0.2, 0.25) is 0 Å². The molecule has 2 aromatic heterocycles. The van der Waals surface area contributed by atoms with Crippen molar-refractivity contribution in [3.63, 3.8) is 0 Å². The highest BCUT2D eigenvalue weighted by Gasteiger charge is 2.24. The Bertz CT molecular complexity index is 745. The van der Waals surface area contributed by atoms with E-state index in [1.807, 2.05) is 0 Å². The van der Waals surface area contributed by atoms with Crippen LogP contribution in [0, 0.1) is 0 Å². The molecule has 0 bridgehead atoms. The molecule has 2 aromatic rings. The fourth-order valence-electron chi connectivity index (χ4n) is 3.28. The van der Waals surface area contributed by atoms with Crippen LogP contribution in [-0.4, -0.2) is 39.7 Å². The average molecular weight is 377 g/mol. The third-order valence-corrected chi connectivity index (χ3v) is 5.84. The van der Waals surface area contributed by atoms with Gasteiger partial charge in [-0.05, 0) is 38.5 Å². The van der Waals surface area contributed by atoms with Crippen LogP contribution in [0.5, 0.6) is 0 Å². The standard InChI is InChI=1S/C17H23N5O3S/c1-22(10-15-19-11-5-2-3-7-13(11)26-15)17(23)18-9-14-20-16(25-21-14)12-6-4-8-24-12/h12H,2-10H2,1H3,(H,18,23)/t12-/m0/s1. The van der Waals surface area contributed by atoms with Crippen molar-refractivity contribution < 1.29 is 14.1 Å². The van der Waals surface area contributed by atoms with Gasteiger partial charge in [0.25, 0.3) is 5.89 Å². The number of fused-ring (bicyclic) bond motifs is 1. The second-order valence-electron chi connectivity index (χ2n) is 6.75. The molecule has 1 atom stereocenters. The molecule has 1 fully saturated rings. The van der Waals surface area contributed by atoms with Crippen molar-refractivity contribution in [1.29, 1.82) is 0 Å². The van der Waals surface area contributed by atoms with Crippen LogP contribution in [0.3, 0.4) is 0 Å². The minimum absolute atomic E-state index is 0.106. The number of nitrogens with zero attached hydrogens (tertiary/aromatic N) is 4. The highest BCUT2D eigenvalue weighted by Crippen LogP contribution is 2.28. The monoisotopic (exact) mass is 377 g/mol. The molecule has 2 aliphatic rings. The lowest BCUT2D eigenvalue weighted by Gasteiger charge is -2.15. The number of urea groups is 1. The van der Waals surface area contributed by atoms with Crippen LogP contribution in [0.15, 0.2) is 4.52 Å². The number of aromatic nitrogens is 3. The number of thiazole rings is 1. The topological polar surface area (TPSA) is 93.4 Å². The van der Waals surface area contributed by atoms with E-state index in [2.05, 4.69) is 20.4 Å². The third-order valence-electron chi connectivity index (χ3n) is 4.70. The van der Waals surface area contributed by atoms with E-state index in [4.69, 9.17) is 9.26 Å². The van der Waals surface area contributed by atoms with E-state index in [9.17, 15) is 4.79 Å². The lowest BCUT2D eigenvalue weighted by molar-refractivity contribution is 0.0835. The Morgan fingerprint density at radius 3 is 3.00 bits per heavy atom. The summed E-state index contributed by atoms with van der Waals surface area (Å²) in [6, 6.07) is -0.179. The molecule has 2 amide bonds. The van der Waals surface area contributed by atoms with Crippen LogP contribution >= 0.6 is 11.3 Å². The van der Waals surface area contributed by atoms with E-state index in [1.165, 1.54) is 23.4 Å². The zero-order chi connectivity index (χ0) is 17.9. The van der Waals surface area contributed by atoms with Crippen LogP contribution in [0.4, 0.5) is 4.79 Å². The van der Waals surface area contributed by atoms with Crippen molar-refractivity contribution >= 4 is 17.4 Å². The zero-order valence-corrected chi connectivity index (χ0v) is 15.7. The molecule has 8 nitrogen and oxygen atoms in total. The molecule has 0 radical (unpaired) electrons. The largest absolute Gasteiger partial charge is 0.368 e. The first-order valence-electron chi connectivity index (χ1n) is 9.09. The Labute approximate surface area is 155 Å². The van der Waals surface area contributed by atoms with Gasteiger partial charge in [-0.25, -0.2) is 9.78 Å². The molecule has 0 saturated carbocycles. The smallest absolute Gasteiger partial charge is 0.317 e. The normalized spacial score (nSPS) is 19.3. The summed E-state index contributed by atoms with van der Waals surface area (Å²) in [6.45, 7) is 1.47. The van der Waals surface area contributed by atoms with Crippen LogP contribution in [-0.2, 0) is 30.7 Å². The first-order valence-corrected chi connectivity index (χ1v) is 9.91. The molecule has 1 aliphatic heterocycles. The Hall–Kier alpha value is -2.00. The average Bonchev–Trinajstić information content (AvgIpc) is 3.38. The second-order valence-corrected chi connectivity index (χ2v) is 7.92. The number of carbonyl (C=O) groups is 1. The molecule has 140 valence electrons. The Morgan fingerprint density at radius 2 is 2.19 bits per heavy atom. The number of hydrogen-bond acceptors (Lipinski definition) is 7. The van der Waals surface area contributed by atoms with Crippen molar-refractivity contribution in [3.05, 3.63) is 27.3 Å². The lowest BCUT2D eigenvalue weighted by Crippen LogP contribution is -2.36. The second kappa shape index (κ2) is 7.71. The summed E-state index contributed by atoms with van der Waals surface area (Å²) in [7, 11) is 1.77. The summed E-state index contributed by atoms with van der Waals surface area (Å²) in [5.41, 5.74) is 1.22. The number of amides is 2. The predicted octanol–water partition coefficient (Wildman–Crippen LogP) is 2.60. The van der Waals surface area contributed by atoms with Crippen molar-refractivity contribution in [1.82, 2.24) is 25.3 Å². The first kappa shape index (κ1) is 17.4. The van der Waals surface area contributed by atoms with Crippen molar-refractivity contribution in [2.24, 2.45) is 0 Å². The summed E-state index contributed by atoms with van der Waals surface area (Å²) in [6.07, 6.45) is 6.43. The van der Waals surface area contributed by atoms with Gasteiger partial charge in [0.1, 0.15) is 11.1 Å². The van der Waals surface area contributed by atoms with E-state index in [0.29, 0.717) is 18.3 Å². The zero-order valence-electron chi connectivity index (χ0n) is 14.9. The molecule has 3 heterocycles. The van der Waals surface area contributed by atoms with Gasteiger partial charge in [0.2, 0.25) is 0 Å². The summed E-state index contributed by atoms with van der Waals surface area (Å²) >= 11 is 1.73. The highest BCUT2D eigenvalue weighted by atomic mass is 32.1. The van der Waals surface area contributed by atoms with Gasteiger partial charge in [-0.1, -0.05) is 5.16 Å². The molecule has 9 heteroatoms. The molecule has 0 unspecified atom stereocenters. The van der Waals surface area contributed by atoms with Gasteiger partial charge in [0.05, 0.1) is 18.8 Å². The lowest BCUT2D eigenvalue weighted by atomic mass is 10.0. The minimum Gasteiger partial charge on any atom is -0.368 e. The van der Waals surface area contributed by atoms with Gasteiger partial charge < -0.3 is 19.5 Å². The molecule has 0 spiro atoms. The van der Waals surface area contributed by atoms with Gasteiger partial charge in [-0.15, -0.1) is 11.3 Å². The van der Waals surface area contributed by atoms with E-state index in [-0.39, 0.29) is 18.7 Å². The molecule has 26 heavy (non-hydrogen) atoms. The summed E-state index contributed by atoms with van der Waals surface area (Å²) in [5.74, 6) is 0.954. The van der Waals surface area contributed by atoms with Crippen molar-refractivity contribution in [2.75, 3.05) is 13.7 Å². The quantitative estimate of drug-likeness (QED) is 0.861. The number of nitrogens with one attached hydrogen (secondary N) is 1. The molecule has 1 saturated heterocycles. The highest BCUT2D eigenvalue weighted by molar-refractivity contribution is 7.11. The Kier molecular flexibility index (Phi) is 5.16. The summed E-state index contributed by atoms with van der Waals surface area (Å²) in [4.78, 5) is 24.3. The molecule has 1 aliphatic carbocycles. The van der Waals surface area contributed by atoms with Crippen LogP contribution in [0.1, 0.15) is 59.1 Å². The fraction of sp³-hybridized carbons (Fsp3) is 0.647. The molecular weight excluding hydrogens is 354 g/mol. The summed E-state index contributed by atoms with van der Waals surface area (Å²) in [5, 5.41) is 7.73. The van der Waals surface area contributed by atoms with Gasteiger partial charge in [0.15, 0.2) is 5.82 Å². The first-order chi connectivity index (χ1) is 12.7. The fourth-order valence-corrected chi connectivity index (χ4v) is 4.49. The number of aryl methyl sites for hydroxylation is 2. The summed E-state index contributed by atoms with van der Waals surface area (Å²) < 4.78 is 10.7. The maximum Gasteiger partial charge on any atom is 0.317 e. The van der Waals surface area contributed by atoms with Crippen LogP contribution < -0.4 is 5.32 Å². The van der Waals surface area contributed by atoms with Gasteiger partial charge >= 0.3 is 6.03 Å². The number of hydrogen-bond donors (Lipinski definition) is 1. The van der Waals surface area contributed by atoms with Crippen LogP contribution in [0.25, 0.3) is 0 Å². The number of ether oxygens (including phenoxy) is 1. The van der Waals surface area contributed by atoms with E-state index >= 15 is 0 Å². The number of carbonyl (C=O) groups excluding carboxylic acids is 1. The van der Waals surface area contributed by atoms with E-state index in [1.54, 1.807) is 23.3 Å². The maximum atomic E-state index is 12.3. The number of rotatable bonds is 5. The molecule has 0 aromatic carbocycles. The van der Waals surface area contributed by atoms with E-state index in [0.717, 1.165) is 37.3 Å². The molecular formula is C17H23N5O3S. The van der Waals surface area contributed by atoms with Crippen molar-refractivity contribution in [3.8, 4) is 0 Å². The third kappa shape index (κ3) is 3.88. The molecule has 1 N–H and O–H groups in total. The minimum atomic E-state index is -0.179.